The van der Waals surface area contributed by atoms with Gasteiger partial charge in [-0.05, 0) is 30.4 Å². The average molecular weight is 421 g/mol. The van der Waals surface area contributed by atoms with Gasteiger partial charge in [-0.2, -0.15) is 0 Å². The maximum atomic E-state index is 13.6. The molecular weight excluding hydrogens is 388 g/mol. The lowest BCUT2D eigenvalue weighted by molar-refractivity contribution is -0.162. The minimum Gasteiger partial charge on any atom is -0.375 e. The minimum absolute atomic E-state index is 0.0482. The fourth-order valence-corrected chi connectivity index (χ4v) is 5.02. The molecule has 31 heavy (non-hydrogen) atoms. The van der Waals surface area contributed by atoms with Gasteiger partial charge in [0.1, 0.15) is 0 Å². The first-order valence-corrected chi connectivity index (χ1v) is 11.5. The third kappa shape index (κ3) is 4.67. The van der Waals surface area contributed by atoms with E-state index >= 15 is 0 Å². The third-order valence-corrected chi connectivity index (χ3v) is 6.88. The van der Waals surface area contributed by atoms with E-state index in [4.69, 9.17) is 0 Å². The van der Waals surface area contributed by atoms with Crippen molar-refractivity contribution >= 4 is 11.8 Å². The molecule has 0 spiro atoms. The number of piperazine rings is 1. The molecule has 1 saturated carbocycles. The van der Waals surface area contributed by atoms with Crippen LogP contribution in [0.4, 0.5) is 0 Å². The number of carbonyl (C=O) groups excluding carboxylic acids is 2. The van der Waals surface area contributed by atoms with Crippen molar-refractivity contribution in [1.82, 2.24) is 9.80 Å². The Balaban J connectivity index is 1.38. The van der Waals surface area contributed by atoms with Crippen molar-refractivity contribution in [3.63, 3.8) is 0 Å². The Labute approximate surface area is 184 Å². The van der Waals surface area contributed by atoms with Gasteiger partial charge in [0.15, 0.2) is 5.60 Å². The Morgan fingerprint density at radius 3 is 2.00 bits per heavy atom. The second kappa shape index (κ2) is 9.65. The van der Waals surface area contributed by atoms with Crippen molar-refractivity contribution in [2.24, 2.45) is 5.92 Å². The zero-order valence-electron chi connectivity index (χ0n) is 18.1. The van der Waals surface area contributed by atoms with E-state index in [1.165, 1.54) is 0 Å². The molecule has 5 heteroatoms. The van der Waals surface area contributed by atoms with Crippen molar-refractivity contribution < 1.29 is 14.7 Å². The van der Waals surface area contributed by atoms with Crippen molar-refractivity contribution in [2.45, 2.75) is 44.1 Å². The summed E-state index contributed by atoms with van der Waals surface area (Å²) in [6.45, 7) is 1.99. The Morgan fingerprint density at radius 1 is 0.839 bits per heavy atom. The topological polar surface area (TPSA) is 60.9 Å². The number of carbonyl (C=O) groups is 2. The van der Waals surface area contributed by atoms with Crippen LogP contribution in [0.15, 0.2) is 60.7 Å². The van der Waals surface area contributed by atoms with Crippen LogP contribution in [-0.4, -0.2) is 52.9 Å². The van der Waals surface area contributed by atoms with E-state index in [0.717, 1.165) is 37.7 Å². The zero-order chi connectivity index (χ0) is 21.7. The molecule has 2 amide bonds. The molecule has 1 aliphatic carbocycles. The predicted octanol–water partition coefficient (Wildman–Crippen LogP) is 3.37. The SMILES string of the molecule is O=C(CCc1ccccc1)N1CCN(C(=O)C(O)(c2ccccc2)C2CCCC2)CC1. The van der Waals surface area contributed by atoms with Gasteiger partial charge < -0.3 is 14.9 Å². The second-order valence-electron chi connectivity index (χ2n) is 8.77. The van der Waals surface area contributed by atoms with Gasteiger partial charge in [0.05, 0.1) is 0 Å². The number of rotatable bonds is 6. The molecule has 0 radical (unpaired) electrons. The van der Waals surface area contributed by atoms with Crippen molar-refractivity contribution in [3.8, 4) is 0 Å². The summed E-state index contributed by atoms with van der Waals surface area (Å²) in [6.07, 6.45) is 5.06. The fraction of sp³-hybridized carbons (Fsp3) is 0.462. The van der Waals surface area contributed by atoms with Crippen LogP contribution < -0.4 is 0 Å². The number of aryl methyl sites for hydroxylation is 1. The van der Waals surface area contributed by atoms with Crippen LogP contribution in [-0.2, 0) is 21.6 Å². The lowest BCUT2D eigenvalue weighted by atomic mass is 9.79. The van der Waals surface area contributed by atoms with Gasteiger partial charge >= 0.3 is 0 Å². The van der Waals surface area contributed by atoms with E-state index in [-0.39, 0.29) is 17.7 Å². The molecule has 0 bridgehead atoms. The molecule has 1 N–H and O–H groups in total. The van der Waals surface area contributed by atoms with Crippen LogP contribution in [0.2, 0.25) is 0 Å². The number of hydrogen-bond acceptors (Lipinski definition) is 3. The Morgan fingerprint density at radius 2 is 1.39 bits per heavy atom. The normalized spacial score (nSPS) is 19.3. The molecule has 1 unspecified atom stereocenters. The Bertz CT molecular complexity index is 872. The summed E-state index contributed by atoms with van der Waals surface area (Å²) in [7, 11) is 0. The van der Waals surface area contributed by atoms with Gasteiger partial charge in [-0.3, -0.25) is 9.59 Å². The molecule has 2 aromatic carbocycles. The van der Waals surface area contributed by atoms with Gasteiger partial charge in [-0.1, -0.05) is 73.5 Å². The first-order valence-electron chi connectivity index (χ1n) is 11.5. The van der Waals surface area contributed by atoms with Crippen LogP contribution in [0.5, 0.6) is 0 Å². The Hall–Kier alpha value is -2.66. The van der Waals surface area contributed by atoms with E-state index in [1.807, 2.05) is 65.6 Å². The number of hydrogen-bond donors (Lipinski definition) is 1. The van der Waals surface area contributed by atoms with Crippen LogP contribution in [0, 0.1) is 5.92 Å². The second-order valence-corrected chi connectivity index (χ2v) is 8.77. The highest BCUT2D eigenvalue weighted by Gasteiger charge is 2.48. The summed E-state index contributed by atoms with van der Waals surface area (Å²) in [5, 5.41) is 11.7. The average Bonchev–Trinajstić information content (AvgIpc) is 3.38. The standard InChI is InChI=1S/C26H32N2O3/c29-24(16-15-21-9-3-1-4-10-21)27-17-19-28(20-18-27)25(30)26(31,23-13-7-8-14-23)22-11-5-2-6-12-22/h1-6,9-12,23,31H,7-8,13-20H2. The van der Waals surface area contributed by atoms with E-state index < -0.39 is 5.60 Å². The molecule has 4 rings (SSSR count). The number of aliphatic hydroxyl groups is 1. The number of nitrogens with zero attached hydrogens (tertiary/aromatic N) is 2. The predicted molar refractivity (Wildman–Crippen MR) is 120 cm³/mol. The monoisotopic (exact) mass is 420 g/mol. The van der Waals surface area contributed by atoms with Crippen molar-refractivity contribution in [2.75, 3.05) is 26.2 Å². The van der Waals surface area contributed by atoms with Crippen LogP contribution >= 0.6 is 0 Å². The van der Waals surface area contributed by atoms with Gasteiger partial charge in [0.25, 0.3) is 5.91 Å². The highest BCUT2D eigenvalue weighted by atomic mass is 16.3. The van der Waals surface area contributed by atoms with Crippen LogP contribution in [0.25, 0.3) is 0 Å². The fourth-order valence-electron chi connectivity index (χ4n) is 5.02. The molecule has 1 saturated heterocycles. The minimum atomic E-state index is -1.47. The smallest absolute Gasteiger partial charge is 0.259 e. The summed E-state index contributed by atoms with van der Waals surface area (Å²) in [6, 6.07) is 19.4. The first kappa shape index (κ1) is 21.6. The van der Waals surface area contributed by atoms with Gasteiger partial charge in [-0.25, -0.2) is 0 Å². The van der Waals surface area contributed by atoms with Gasteiger partial charge in [-0.15, -0.1) is 0 Å². The lowest BCUT2D eigenvalue weighted by Crippen LogP contribution is -2.57. The van der Waals surface area contributed by atoms with Crippen molar-refractivity contribution in [1.29, 1.82) is 0 Å². The summed E-state index contributed by atoms with van der Waals surface area (Å²) >= 11 is 0. The Kier molecular flexibility index (Phi) is 6.71. The lowest BCUT2D eigenvalue weighted by Gasteiger charge is -2.41. The molecule has 1 aliphatic heterocycles. The maximum Gasteiger partial charge on any atom is 0.259 e. The van der Waals surface area contributed by atoms with Gasteiger partial charge in [0.2, 0.25) is 5.91 Å². The third-order valence-electron chi connectivity index (χ3n) is 6.88. The highest BCUT2D eigenvalue weighted by Crippen LogP contribution is 2.42. The first-order chi connectivity index (χ1) is 15.1. The molecule has 2 aromatic rings. The molecule has 1 atom stereocenters. The van der Waals surface area contributed by atoms with Gasteiger partial charge in [0, 0.05) is 38.5 Å². The quantitative estimate of drug-likeness (QED) is 0.780. The largest absolute Gasteiger partial charge is 0.375 e. The zero-order valence-corrected chi connectivity index (χ0v) is 18.1. The van der Waals surface area contributed by atoms with E-state index in [0.29, 0.717) is 38.2 Å². The summed E-state index contributed by atoms with van der Waals surface area (Å²) < 4.78 is 0. The number of amides is 2. The van der Waals surface area contributed by atoms with E-state index in [2.05, 4.69) is 0 Å². The number of benzene rings is 2. The summed E-state index contributed by atoms with van der Waals surface area (Å²) in [5.41, 5.74) is 0.375. The molecule has 5 nitrogen and oxygen atoms in total. The van der Waals surface area contributed by atoms with E-state index in [9.17, 15) is 14.7 Å². The summed E-state index contributed by atoms with van der Waals surface area (Å²) in [5.74, 6) is -0.125. The molecule has 2 fully saturated rings. The molecule has 0 aromatic heterocycles. The van der Waals surface area contributed by atoms with Crippen molar-refractivity contribution in [3.05, 3.63) is 71.8 Å². The summed E-state index contributed by atoms with van der Waals surface area (Å²) in [4.78, 5) is 29.8. The molecule has 1 heterocycles. The van der Waals surface area contributed by atoms with Crippen LogP contribution in [0.3, 0.4) is 0 Å². The highest BCUT2D eigenvalue weighted by molar-refractivity contribution is 5.87. The van der Waals surface area contributed by atoms with E-state index in [1.54, 1.807) is 4.90 Å². The molecule has 2 aliphatic rings. The maximum absolute atomic E-state index is 13.6. The molecular formula is C26H32N2O3. The molecule has 164 valence electrons. The van der Waals surface area contributed by atoms with Crippen LogP contribution in [0.1, 0.15) is 43.2 Å².